The van der Waals surface area contributed by atoms with Gasteiger partial charge in [-0.1, -0.05) is 22.6 Å². The Morgan fingerprint density at radius 2 is 1.78 bits per heavy atom. The number of carbonyl (C=O) groups is 1. The van der Waals surface area contributed by atoms with Crippen LogP contribution in [0.25, 0.3) is 10.2 Å². The van der Waals surface area contributed by atoms with Crippen LogP contribution in [-0.2, 0) is 23.8 Å². The first-order valence-electron chi connectivity index (χ1n) is 13.6. The van der Waals surface area contributed by atoms with Crippen molar-refractivity contribution in [3.63, 3.8) is 0 Å². The minimum atomic E-state index is -4.83. The highest BCUT2D eigenvalue weighted by Gasteiger charge is 2.41. The molecule has 2 unspecified atom stereocenters. The van der Waals surface area contributed by atoms with Crippen molar-refractivity contribution in [1.29, 1.82) is 0 Å². The minimum absolute atomic E-state index is 0.174. The van der Waals surface area contributed by atoms with E-state index in [9.17, 15) is 18.0 Å². The molecule has 1 N–H and O–H groups in total. The lowest BCUT2D eigenvalue weighted by Crippen LogP contribution is -2.47. The number of oxime groups is 1. The van der Waals surface area contributed by atoms with Gasteiger partial charge in [0.15, 0.2) is 22.7 Å². The lowest BCUT2D eigenvalue weighted by atomic mass is 9.92. The molecule has 16 heteroatoms. The molecule has 2 aliphatic rings. The van der Waals surface area contributed by atoms with Crippen LogP contribution >= 0.6 is 11.3 Å². The SMILES string of the molecule is COc1cc(C2=NOC(C3=CC(OCC(=O)Nc4nc5ccc(OC(F)(F)F)cc5s4)C(OC)(OC)C=C3)C2)cc(OC)c1OC. The van der Waals surface area contributed by atoms with Crippen molar-refractivity contribution < 1.29 is 56.0 Å². The highest BCUT2D eigenvalue weighted by Crippen LogP contribution is 2.40. The molecule has 246 valence electrons. The Morgan fingerprint density at radius 3 is 2.41 bits per heavy atom. The normalized spacial score (nSPS) is 18.9. The first-order chi connectivity index (χ1) is 22.0. The van der Waals surface area contributed by atoms with E-state index in [-0.39, 0.29) is 10.9 Å². The van der Waals surface area contributed by atoms with Gasteiger partial charge in [-0.15, -0.1) is 13.2 Å². The molecular weight excluding hydrogens is 635 g/mol. The standard InChI is InChI=1S/C30H30F3N3O9S/c1-38-22-10-17(11-23(39-2)27(22)40-3)20-14-21(45-36-20)16-8-9-29(41-4,42-5)25(12-16)43-15-26(37)35-28-34-19-7-6-18(13-24(19)46-28)44-30(31,32)33/h6-13,21,25H,14-15H2,1-5H3,(H,34,35,37). The van der Waals surface area contributed by atoms with Crippen molar-refractivity contribution in [2.24, 2.45) is 5.16 Å². The van der Waals surface area contributed by atoms with E-state index in [0.717, 1.165) is 23.0 Å². The number of carbonyl (C=O) groups excluding carboxylic acids is 1. The van der Waals surface area contributed by atoms with Crippen molar-refractivity contribution in [3.8, 4) is 23.0 Å². The van der Waals surface area contributed by atoms with Crippen LogP contribution in [0, 0.1) is 0 Å². The average molecular weight is 666 g/mol. The summed E-state index contributed by atoms with van der Waals surface area (Å²) in [5.41, 5.74) is 2.48. The van der Waals surface area contributed by atoms with Crippen LogP contribution in [0.2, 0.25) is 0 Å². The molecule has 2 atom stereocenters. The Bertz CT molecular complexity index is 1660. The van der Waals surface area contributed by atoms with Crippen LogP contribution in [0.4, 0.5) is 18.3 Å². The van der Waals surface area contributed by atoms with Gasteiger partial charge in [-0.25, -0.2) is 4.98 Å². The highest BCUT2D eigenvalue weighted by atomic mass is 32.1. The molecule has 0 saturated carbocycles. The summed E-state index contributed by atoms with van der Waals surface area (Å²) >= 11 is 0.988. The number of nitrogens with one attached hydrogen (secondary N) is 1. The maximum Gasteiger partial charge on any atom is 0.573 e. The second-order valence-electron chi connectivity index (χ2n) is 9.86. The first kappa shape index (κ1) is 33.0. The van der Waals surface area contributed by atoms with Gasteiger partial charge in [-0.05, 0) is 42.0 Å². The minimum Gasteiger partial charge on any atom is -0.493 e. The first-order valence-corrected chi connectivity index (χ1v) is 14.4. The second kappa shape index (κ2) is 13.5. The van der Waals surface area contributed by atoms with Gasteiger partial charge in [0, 0.05) is 32.3 Å². The van der Waals surface area contributed by atoms with E-state index in [0.29, 0.717) is 45.2 Å². The largest absolute Gasteiger partial charge is 0.573 e. The molecule has 5 rings (SSSR count). The monoisotopic (exact) mass is 665 g/mol. The Labute approximate surface area is 265 Å². The number of halogens is 3. The summed E-state index contributed by atoms with van der Waals surface area (Å²) in [6.45, 7) is -0.423. The molecule has 0 spiro atoms. The second-order valence-corrected chi connectivity index (χ2v) is 10.9. The van der Waals surface area contributed by atoms with E-state index in [1.54, 1.807) is 30.4 Å². The fraction of sp³-hybridized carbons (Fsp3) is 0.367. The molecular formula is C30H30F3N3O9S. The van der Waals surface area contributed by atoms with Gasteiger partial charge in [0.25, 0.3) is 5.91 Å². The van der Waals surface area contributed by atoms with Gasteiger partial charge in [0.2, 0.25) is 11.5 Å². The number of anilines is 1. The third kappa shape index (κ3) is 7.04. The van der Waals surface area contributed by atoms with Crippen LogP contribution in [0.3, 0.4) is 0 Å². The van der Waals surface area contributed by atoms with Crippen LogP contribution < -0.4 is 24.3 Å². The number of fused-ring (bicyclic) bond motifs is 1. The van der Waals surface area contributed by atoms with E-state index in [2.05, 4.69) is 20.2 Å². The summed E-state index contributed by atoms with van der Waals surface area (Å²) in [5, 5.41) is 7.07. The van der Waals surface area contributed by atoms with E-state index in [1.165, 1.54) is 47.7 Å². The van der Waals surface area contributed by atoms with Gasteiger partial charge in [-0.3, -0.25) is 10.1 Å². The lowest BCUT2D eigenvalue weighted by Gasteiger charge is -2.36. The number of hydrogen-bond donors (Lipinski definition) is 1. The summed E-state index contributed by atoms with van der Waals surface area (Å²) < 4.78 is 75.6. The Morgan fingerprint density at radius 1 is 1.07 bits per heavy atom. The van der Waals surface area contributed by atoms with Crippen molar-refractivity contribution >= 4 is 38.3 Å². The molecule has 3 aromatic rings. The van der Waals surface area contributed by atoms with E-state index >= 15 is 0 Å². The third-order valence-corrected chi connectivity index (χ3v) is 8.09. The molecule has 0 radical (unpaired) electrons. The van der Waals surface area contributed by atoms with Gasteiger partial charge in [0.05, 0.1) is 37.3 Å². The molecule has 1 amide bonds. The lowest BCUT2D eigenvalue weighted by molar-refractivity contribution is -0.274. The van der Waals surface area contributed by atoms with E-state index in [4.69, 9.17) is 33.3 Å². The summed E-state index contributed by atoms with van der Waals surface area (Å²) in [5.74, 6) is -0.879. The molecule has 1 aliphatic heterocycles. The number of ether oxygens (including phenoxy) is 7. The number of rotatable bonds is 12. The fourth-order valence-electron chi connectivity index (χ4n) is 4.94. The Hall–Kier alpha value is -4.38. The molecule has 12 nitrogen and oxygen atoms in total. The molecule has 0 bridgehead atoms. The predicted octanol–water partition coefficient (Wildman–Crippen LogP) is 5.22. The molecule has 2 aromatic carbocycles. The van der Waals surface area contributed by atoms with Crippen molar-refractivity contribution in [3.05, 3.63) is 59.7 Å². The molecule has 2 heterocycles. The molecule has 0 saturated heterocycles. The van der Waals surface area contributed by atoms with Crippen molar-refractivity contribution in [1.82, 2.24) is 4.98 Å². The highest BCUT2D eigenvalue weighted by molar-refractivity contribution is 7.22. The molecule has 1 aromatic heterocycles. The summed E-state index contributed by atoms with van der Waals surface area (Å²) in [6, 6.07) is 7.27. The number of nitrogens with zero attached hydrogens (tertiary/aromatic N) is 2. The zero-order valence-electron chi connectivity index (χ0n) is 25.3. The van der Waals surface area contributed by atoms with Crippen molar-refractivity contribution in [2.75, 3.05) is 47.5 Å². The number of aromatic nitrogens is 1. The summed E-state index contributed by atoms with van der Waals surface area (Å²) in [4.78, 5) is 22.8. The maximum atomic E-state index is 12.8. The van der Waals surface area contributed by atoms with Gasteiger partial charge in [-0.2, -0.15) is 0 Å². The number of hydrogen-bond acceptors (Lipinski definition) is 12. The number of alkyl halides is 3. The van der Waals surface area contributed by atoms with Gasteiger partial charge in [0.1, 0.15) is 18.5 Å². The fourth-order valence-corrected chi connectivity index (χ4v) is 5.85. The summed E-state index contributed by atoms with van der Waals surface area (Å²) in [6.07, 6.45) is -0.595. The molecule has 1 aliphatic carbocycles. The molecule has 0 fully saturated rings. The topological polar surface area (TPSA) is 128 Å². The number of methoxy groups -OCH3 is 5. The average Bonchev–Trinajstić information content (AvgIpc) is 3.69. The Kier molecular flexibility index (Phi) is 9.71. The van der Waals surface area contributed by atoms with Crippen molar-refractivity contribution in [2.45, 2.75) is 30.8 Å². The quantitative estimate of drug-likeness (QED) is 0.257. The maximum absolute atomic E-state index is 12.8. The number of amides is 1. The van der Waals surface area contributed by atoms with Crippen LogP contribution in [0.1, 0.15) is 12.0 Å². The summed E-state index contributed by atoms with van der Waals surface area (Å²) in [7, 11) is 7.46. The zero-order chi connectivity index (χ0) is 33.1. The molecule has 46 heavy (non-hydrogen) atoms. The van der Waals surface area contributed by atoms with Crippen LogP contribution in [0.5, 0.6) is 23.0 Å². The zero-order valence-corrected chi connectivity index (χ0v) is 26.1. The smallest absolute Gasteiger partial charge is 0.493 e. The number of thiazole rings is 1. The predicted molar refractivity (Wildman–Crippen MR) is 161 cm³/mol. The third-order valence-electron chi connectivity index (χ3n) is 7.16. The van der Waals surface area contributed by atoms with E-state index in [1.807, 2.05) is 0 Å². The van der Waals surface area contributed by atoms with Gasteiger partial charge < -0.3 is 38.0 Å². The van der Waals surface area contributed by atoms with Crippen LogP contribution in [0.15, 0.2) is 59.3 Å². The van der Waals surface area contributed by atoms with Crippen LogP contribution in [-0.4, -0.2) is 83.1 Å². The van der Waals surface area contributed by atoms with Gasteiger partial charge >= 0.3 is 6.36 Å². The number of benzene rings is 2. The Balaban J connectivity index is 1.26. The van der Waals surface area contributed by atoms with E-state index < -0.39 is 36.9 Å².